The van der Waals surface area contributed by atoms with Crippen molar-refractivity contribution in [2.75, 3.05) is 19.8 Å². The molecule has 2 rings (SSSR count). The Hall–Kier alpha value is -1.06. The Bertz CT molecular complexity index is 468. The van der Waals surface area contributed by atoms with Gasteiger partial charge in [-0.1, -0.05) is 32.9 Å². The standard InChI is InChI=1S/C18H29NO2/c1-5-19-18(11-20,15-7-8-15)12-21-17-10-14(4)6-9-16(17)13(2)3/h6,9-10,13,15,19-20H,5,7-8,11-12H2,1-4H3. The molecule has 3 nitrogen and oxygen atoms in total. The number of aryl methyl sites for hydroxylation is 1. The maximum Gasteiger partial charge on any atom is 0.123 e. The first-order valence-corrected chi connectivity index (χ1v) is 8.11. The van der Waals surface area contributed by atoms with E-state index in [1.165, 1.54) is 24.0 Å². The summed E-state index contributed by atoms with van der Waals surface area (Å²) in [5, 5.41) is 13.4. The molecular formula is C18H29NO2. The normalized spacial score (nSPS) is 17.8. The number of hydrogen-bond donors (Lipinski definition) is 2. The molecule has 0 bridgehead atoms. The number of benzene rings is 1. The molecule has 1 aliphatic rings. The average Bonchev–Trinajstić information content (AvgIpc) is 3.28. The molecule has 21 heavy (non-hydrogen) atoms. The second-order valence-electron chi connectivity index (χ2n) is 6.60. The minimum Gasteiger partial charge on any atom is -0.491 e. The van der Waals surface area contributed by atoms with E-state index in [0.29, 0.717) is 18.4 Å². The van der Waals surface area contributed by atoms with E-state index in [1.807, 2.05) is 0 Å². The molecule has 1 atom stereocenters. The predicted molar refractivity (Wildman–Crippen MR) is 87.0 cm³/mol. The van der Waals surface area contributed by atoms with Crippen molar-refractivity contribution in [1.29, 1.82) is 0 Å². The zero-order chi connectivity index (χ0) is 15.5. The van der Waals surface area contributed by atoms with Crippen LogP contribution in [-0.2, 0) is 0 Å². The number of likely N-dealkylation sites (N-methyl/N-ethyl adjacent to an activating group) is 1. The lowest BCUT2D eigenvalue weighted by Gasteiger charge is -2.33. The van der Waals surface area contributed by atoms with Gasteiger partial charge >= 0.3 is 0 Å². The highest BCUT2D eigenvalue weighted by molar-refractivity contribution is 5.39. The summed E-state index contributed by atoms with van der Waals surface area (Å²) in [4.78, 5) is 0. The molecule has 0 saturated heterocycles. The third kappa shape index (κ3) is 3.78. The van der Waals surface area contributed by atoms with E-state index in [-0.39, 0.29) is 12.1 Å². The third-order valence-electron chi connectivity index (χ3n) is 4.45. The second kappa shape index (κ2) is 6.80. The van der Waals surface area contributed by atoms with E-state index in [9.17, 15) is 5.11 Å². The number of ether oxygens (including phenoxy) is 1. The molecule has 0 aromatic heterocycles. The molecular weight excluding hydrogens is 262 g/mol. The van der Waals surface area contributed by atoms with Crippen LogP contribution in [0.2, 0.25) is 0 Å². The summed E-state index contributed by atoms with van der Waals surface area (Å²) in [5.41, 5.74) is 2.16. The Balaban J connectivity index is 2.15. The van der Waals surface area contributed by atoms with Crippen molar-refractivity contribution >= 4 is 0 Å². The first-order chi connectivity index (χ1) is 10.0. The topological polar surface area (TPSA) is 41.5 Å². The molecule has 0 heterocycles. The summed E-state index contributed by atoms with van der Waals surface area (Å²) in [6.07, 6.45) is 2.36. The van der Waals surface area contributed by atoms with Crippen molar-refractivity contribution in [2.45, 2.75) is 52.0 Å². The molecule has 1 unspecified atom stereocenters. The van der Waals surface area contributed by atoms with E-state index in [4.69, 9.17) is 4.74 Å². The lowest BCUT2D eigenvalue weighted by Crippen LogP contribution is -2.55. The maximum absolute atomic E-state index is 9.89. The summed E-state index contributed by atoms with van der Waals surface area (Å²) in [6.45, 7) is 10.1. The zero-order valence-electron chi connectivity index (χ0n) is 13.8. The molecule has 0 amide bonds. The van der Waals surface area contributed by atoms with E-state index < -0.39 is 0 Å². The zero-order valence-corrected chi connectivity index (χ0v) is 13.8. The van der Waals surface area contributed by atoms with Crippen LogP contribution in [-0.4, -0.2) is 30.4 Å². The minimum absolute atomic E-state index is 0.133. The molecule has 1 saturated carbocycles. The third-order valence-corrected chi connectivity index (χ3v) is 4.45. The lowest BCUT2D eigenvalue weighted by molar-refractivity contribution is 0.0858. The Morgan fingerprint density at radius 1 is 1.38 bits per heavy atom. The predicted octanol–water partition coefficient (Wildman–Crippen LogP) is 3.25. The molecule has 2 N–H and O–H groups in total. The number of nitrogens with one attached hydrogen (secondary N) is 1. The minimum atomic E-state index is -0.285. The fraction of sp³-hybridized carbons (Fsp3) is 0.667. The Labute approximate surface area is 128 Å². The SMILES string of the molecule is CCNC(CO)(COc1cc(C)ccc1C(C)C)C1CC1. The summed E-state index contributed by atoms with van der Waals surface area (Å²) < 4.78 is 6.17. The smallest absolute Gasteiger partial charge is 0.123 e. The van der Waals surface area contributed by atoms with Crippen molar-refractivity contribution in [1.82, 2.24) is 5.32 Å². The van der Waals surface area contributed by atoms with Gasteiger partial charge in [0.05, 0.1) is 12.1 Å². The van der Waals surface area contributed by atoms with Crippen molar-refractivity contribution < 1.29 is 9.84 Å². The summed E-state index contributed by atoms with van der Waals surface area (Å²) in [6, 6.07) is 6.39. The highest BCUT2D eigenvalue weighted by Gasteiger charge is 2.45. The van der Waals surface area contributed by atoms with Gasteiger partial charge in [0.25, 0.3) is 0 Å². The molecule has 1 aromatic carbocycles. The van der Waals surface area contributed by atoms with Crippen LogP contribution >= 0.6 is 0 Å². The summed E-state index contributed by atoms with van der Waals surface area (Å²) >= 11 is 0. The molecule has 0 aliphatic heterocycles. The Morgan fingerprint density at radius 3 is 2.62 bits per heavy atom. The largest absolute Gasteiger partial charge is 0.491 e. The fourth-order valence-electron chi connectivity index (χ4n) is 2.98. The van der Waals surface area contributed by atoms with Crippen LogP contribution in [0.15, 0.2) is 18.2 Å². The van der Waals surface area contributed by atoms with Gasteiger partial charge in [0.1, 0.15) is 12.4 Å². The van der Waals surface area contributed by atoms with Gasteiger partial charge in [0.2, 0.25) is 0 Å². The van der Waals surface area contributed by atoms with Crippen LogP contribution in [0.25, 0.3) is 0 Å². The van der Waals surface area contributed by atoms with Crippen LogP contribution < -0.4 is 10.1 Å². The van der Waals surface area contributed by atoms with Gasteiger partial charge in [-0.05, 0) is 55.3 Å². The average molecular weight is 291 g/mol. The number of hydrogen-bond acceptors (Lipinski definition) is 3. The van der Waals surface area contributed by atoms with Gasteiger partial charge < -0.3 is 15.2 Å². The Kier molecular flexibility index (Phi) is 5.28. The van der Waals surface area contributed by atoms with E-state index in [0.717, 1.165) is 12.3 Å². The van der Waals surface area contributed by atoms with Crippen molar-refractivity contribution in [2.24, 2.45) is 5.92 Å². The molecule has 0 spiro atoms. The van der Waals surface area contributed by atoms with Crippen molar-refractivity contribution in [3.8, 4) is 5.75 Å². The first-order valence-electron chi connectivity index (χ1n) is 8.11. The van der Waals surface area contributed by atoms with Gasteiger partial charge in [0.15, 0.2) is 0 Å². The number of rotatable bonds is 8. The van der Waals surface area contributed by atoms with Crippen LogP contribution in [0.1, 0.15) is 50.7 Å². The first kappa shape index (κ1) is 16.3. The number of aliphatic hydroxyl groups excluding tert-OH is 1. The highest BCUT2D eigenvalue weighted by Crippen LogP contribution is 2.40. The molecule has 3 heteroatoms. The maximum atomic E-state index is 9.89. The summed E-state index contributed by atoms with van der Waals surface area (Å²) in [7, 11) is 0. The van der Waals surface area contributed by atoms with Crippen LogP contribution in [0.4, 0.5) is 0 Å². The monoisotopic (exact) mass is 291 g/mol. The van der Waals surface area contributed by atoms with Gasteiger partial charge in [-0.2, -0.15) is 0 Å². The highest BCUT2D eigenvalue weighted by atomic mass is 16.5. The molecule has 1 aliphatic carbocycles. The van der Waals surface area contributed by atoms with Crippen LogP contribution in [0, 0.1) is 12.8 Å². The fourth-order valence-corrected chi connectivity index (χ4v) is 2.98. The molecule has 1 fully saturated rings. The van der Waals surface area contributed by atoms with Crippen LogP contribution in [0.3, 0.4) is 0 Å². The van der Waals surface area contributed by atoms with Gasteiger partial charge in [-0.15, -0.1) is 0 Å². The summed E-state index contributed by atoms with van der Waals surface area (Å²) in [5.74, 6) is 1.93. The van der Waals surface area contributed by atoms with Gasteiger partial charge in [-0.25, -0.2) is 0 Å². The van der Waals surface area contributed by atoms with E-state index in [1.54, 1.807) is 0 Å². The van der Waals surface area contributed by atoms with E-state index >= 15 is 0 Å². The lowest BCUT2D eigenvalue weighted by atomic mass is 9.95. The molecule has 1 aromatic rings. The van der Waals surface area contributed by atoms with Crippen molar-refractivity contribution in [3.63, 3.8) is 0 Å². The number of aliphatic hydroxyl groups is 1. The van der Waals surface area contributed by atoms with E-state index in [2.05, 4.69) is 51.2 Å². The van der Waals surface area contributed by atoms with Crippen LogP contribution in [0.5, 0.6) is 5.75 Å². The Morgan fingerprint density at radius 2 is 2.10 bits per heavy atom. The van der Waals surface area contributed by atoms with Crippen molar-refractivity contribution in [3.05, 3.63) is 29.3 Å². The van der Waals surface area contributed by atoms with Gasteiger partial charge in [0, 0.05) is 0 Å². The molecule has 118 valence electrons. The molecule has 0 radical (unpaired) electrons. The second-order valence-corrected chi connectivity index (χ2v) is 6.60. The quantitative estimate of drug-likeness (QED) is 0.772. The van der Waals surface area contributed by atoms with Gasteiger partial charge in [-0.3, -0.25) is 0 Å².